The summed E-state index contributed by atoms with van der Waals surface area (Å²) in [4.78, 5) is 27.9. The second-order valence-corrected chi connectivity index (χ2v) is 11.0. The summed E-state index contributed by atoms with van der Waals surface area (Å²) in [5.41, 5.74) is 1.79. The first-order chi connectivity index (χ1) is 16.0. The number of anilines is 1. The van der Waals surface area contributed by atoms with Crippen LogP contribution in [0.4, 0.5) is 5.82 Å². The summed E-state index contributed by atoms with van der Waals surface area (Å²) in [6, 6.07) is 16.3. The molecular formula is C26H30BrClN4O2. The molecule has 8 heteroatoms. The molecule has 0 unspecified atom stereocenters. The number of carbonyl (C=O) groups excluding carboxylic acids is 2. The second-order valence-electron chi connectivity index (χ2n) is 9.66. The topological polar surface area (TPSA) is 67.2 Å². The number of amides is 2. The third kappa shape index (κ3) is 6.48. The van der Waals surface area contributed by atoms with Crippen molar-refractivity contribution in [1.82, 2.24) is 14.7 Å². The molecule has 1 N–H and O–H groups in total. The fraction of sp³-hybridized carbons (Fsp3) is 0.346. The normalized spacial score (nSPS) is 11.5. The molecule has 2 amide bonds. The summed E-state index contributed by atoms with van der Waals surface area (Å²) in [5, 5.41) is 8.19. The Morgan fingerprint density at radius 1 is 1.12 bits per heavy atom. The van der Waals surface area contributed by atoms with Gasteiger partial charge in [0.15, 0.2) is 0 Å². The van der Waals surface area contributed by atoms with Crippen LogP contribution in [0, 0.1) is 5.92 Å². The molecule has 3 rings (SSSR count). The number of nitrogens with one attached hydrogen (secondary N) is 1. The van der Waals surface area contributed by atoms with Crippen molar-refractivity contribution < 1.29 is 9.59 Å². The van der Waals surface area contributed by atoms with Crippen molar-refractivity contribution in [2.45, 2.75) is 40.0 Å². The summed E-state index contributed by atoms with van der Waals surface area (Å²) < 4.78 is 2.53. The molecule has 0 saturated heterocycles. The van der Waals surface area contributed by atoms with Gasteiger partial charge < -0.3 is 10.2 Å². The fourth-order valence-electron chi connectivity index (χ4n) is 3.43. The molecule has 0 radical (unpaired) electrons. The van der Waals surface area contributed by atoms with Crippen molar-refractivity contribution in [3.8, 4) is 5.69 Å². The number of para-hydroxylation sites is 1. The molecule has 0 saturated carbocycles. The van der Waals surface area contributed by atoms with Crippen LogP contribution >= 0.6 is 27.5 Å². The monoisotopic (exact) mass is 544 g/mol. The summed E-state index contributed by atoms with van der Waals surface area (Å²) >= 11 is 9.81. The number of nitrogens with zero attached hydrogens (tertiary/aromatic N) is 3. The van der Waals surface area contributed by atoms with Crippen LogP contribution in [-0.4, -0.2) is 39.6 Å². The van der Waals surface area contributed by atoms with E-state index in [-0.39, 0.29) is 29.7 Å². The predicted molar refractivity (Wildman–Crippen MR) is 141 cm³/mol. The standard InChI is InChI=1S/C26H30BrClN4O2/c1-17(2)15-31(25(34)18-10-12-19(27)13-11-18)16-24(33)29-23-14-22(26(3,4)5)30-32(23)21-9-7-6-8-20(21)28/h6-14,17H,15-16H2,1-5H3,(H,29,33). The van der Waals surface area contributed by atoms with Crippen LogP contribution in [-0.2, 0) is 10.2 Å². The zero-order valence-electron chi connectivity index (χ0n) is 20.1. The molecule has 0 bridgehead atoms. The lowest BCUT2D eigenvalue weighted by molar-refractivity contribution is -0.117. The highest BCUT2D eigenvalue weighted by molar-refractivity contribution is 9.10. The third-order valence-electron chi connectivity index (χ3n) is 5.12. The van der Waals surface area contributed by atoms with Crippen LogP contribution in [0.5, 0.6) is 0 Å². The number of hydrogen-bond acceptors (Lipinski definition) is 3. The van der Waals surface area contributed by atoms with Gasteiger partial charge in [-0.3, -0.25) is 9.59 Å². The van der Waals surface area contributed by atoms with Crippen LogP contribution in [0.1, 0.15) is 50.7 Å². The zero-order valence-corrected chi connectivity index (χ0v) is 22.4. The maximum atomic E-state index is 13.1. The zero-order chi connectivity index (χ0) is 25.0. The number of aromatic nitrogens is 2. The number of rotatable bonds is 7. The SMILES string of the molecule is CC(C)CN(CC(=O)Nc1cc(C(C)(C)C)nn1-c1ccccc1Cl)C(=O)c1ccc(Br)cc1. The van der Waals surface area contributed by atoms with Crippen LogP contribution in [0.25, 0.3) is 5.69 Å². The highest BCUT2D eigenvalue weighted by Crippen LogP contribution is 2.29. The van der Waals surface area contributed by atoms with E-state index in [1.165, 1.54) is 0 Å². The van der Waals surface area contributed by atoms with E-state index in [9.17, 15) is 9.59 Å². The Hall–Kier alpha value is -2.64. The molecule has 0 atom stereocenters. The summed E-state index contributed by atoms with van der Waals surface area (Å²) in [6.45, 7) is 10.6. The lowest BCUT2D eigenvalue weighted by Gasteiger charge is -2.24. The highest BCUT2D eigenvalue weighted by Gasteiger charge is 2.24. The number of benzene rings is 2. The van der Waals surface area contributed by atoms with Crippen molar-refractivity contribution >= 4 is 45.2 Å². The van der Waals surface area contributed by atoms with Gasteiger partial charge in [-0.25, -0.2) is 4.68 Å². The number of halogens is 2. The van der Waals surface area contributed by atoms with E-state index in [2.05, 4.69) is 42.0 Å². The van der Waals surface area contributed by atoms with Gasteiger partial charge in [0.05, 0.1) is 16.4 Å². The molecule has 34 heavy (non-hydrogen) atoms. The minimum absolute atomic E-state index is 0.0777. The lowest BCUT2D eigenvalue weighted by atomic mass is 9.92. The molecule has 1 aromatic heterocycles. The van der Waals surface area contributed by atoms with Crippen molar-refractivity contribution in [1.29, 1.82) is 0 Å². The molecule has 0 spiro atoms. The molecule has 1 heterocycles. The maximum Gasteiger partial charge on any atom is 0.254 e. The van der Waals surface area contributed by atoms with Gasteiger partial charge in [0.2, 0.25) is 5.91 Å². The van der Waals surface area contributed by atoms with E-state index in [1.807, 2.05) is 50.2 Å². The second kappa shape index (κ2) is 10.7. The van der Waals surface area contributed by atoms with Crippen molar-refractivity contribution in [3.05, 3.63) is 75.4 Å². The van der Waals surface area contributed by atoms with Gasteiger partial charge in [0.1, 0.15) is 12.4 Å². The summed E-state index contributed by atoms with van der Waals surface area (Å²) in [6.07, 6.45) is 0. The molecule has 180 valence electrons. The third-order valence-corrected chi connectivity index (χ3v) is 5.97. The minimum atomic E-state index is -0.306. The van der Waals surface area contributed by atoms with E-state index in [0.717, 1.165) is 10.2 Å². The van der Waals surface area contributed by atoms with Crippen LogP contribution in [0.2, 0.25) is 5.02 Å². The number of carbonyl (C=O) groups is 2. The Morgan fingerprint density at radius 2 is 1.76 bits per heavy atom. The van der Waals surface area contributed by atoms with Gasteiger partial charge >= 0.3 is 0 Å². The Morgan fingerprint density at radius 3 is 2.35 bits per heavy atom. The van der Waals surface area contributed by atoms with Gasteiger partial charge in [0, 0.05) is 28.1 Å². The Bertz CT molecular complexity index is 1170. The van der Waals surface area contributed by atoms with E-state index in [4.69, 9.17) is 16.7 Å². The molecule has 3 aromatic rings. The lowest BCUT2D eigenvalue weighted by Crippen LogP contribution is -2.40. The molecule has 0 aliphatic rings. The molecule has 2 aromatic carbocycles. The Labute approximate surface area is 214 Å². The van der Waals surface area contributed by atoms with Gasteiger partial charge in [-0.15, -0.1) is 0 Å². The molecule has 6 nitrogen and oxygen atoms in total. The van der Waals surface area contributed by atoms with Crippen molar-refractivity contribution in [2.75, 3.05) is 18.4 Å². The van der Waals surface area contributed by atoms with Gasteiger partial charge in [-0.2, -0.15) is 5.10 Å². The first-order valence-corrected chi connectivity index (χ1v) is 12.3. The molecular weight excluding hydrogens is 516 g/mol. The number of hydrogen-bond donors (Lipinski definition) is 1. The molecule has 0 fully saturated rings. The van der Waals surface area contributed by atoms with Crippen LogP contribution < -0.4 is 5.32 Å². The Balaban J connectivity index is 1.88. The molecule has 0 aliphatic carbocycles. The Kier molecular flexibility index (Phi) is 8.21. The van der Waals surface area contributed by atoms with E-state index in [1.54, 1.807) is 27.8 Å². The van der Waals surface area contributed by atoms with Gasteiger partial charge in [-0.05, 0) is 42.3 Å². The summed E-state index contributed by atoms with van der Waals surface area (Å²) in [7, 11) is 0. The van der Waals surface area contributed by atoms with E-state index in [0.29, 0.717) is 28.6 Å². The van der Waals surface area contributed by atoms with Crippen LogP contribution in [0.15, 0.2) is 59.1 Å². The maximum absolute atomic E-state index is 13.1. The van der Waals surface area contributed by atoms with Crippen molar-refractivity contribution in [3.63, 3.8) is 0 Å². The van der Waals surface area contributed by atoms with Gasteiger partial charge in [-0.1, -0.05) is 74.3 Å². The van der Waals surface area contributed by atoms with E-state index < -0.39 is 0 Å². The van der Waals surface area contributed by atoms with Crippen molar-refractivity contribution in [2.24, 2.45) is 5.92 Å². The molecule has 0 aliphatic heterocycles. The average molecular weight is 546 g/mol. The summed E-state index contributed by atoms with van der Waals surface area (Å²) in [5.74, 6) is 0.211. The smallest absolute Gasteiger partial charge is 0.254 e. The largest absolute Gasteiger partial charge is 0.329 e. The average Bonchev–Trinajstić information content (AvgIpc) is 3.17. The first-order valence-electron chi connectivity index (χ1n) is 11.2. The van der Waals surface area contributed by atoms with Gasteiger partial charge in [0.25, 0.3) is 5.91 Å². The van der Waals surface area contributed by atoms with E-state index >= 15 is 0 Å². The predicted octanol–water partition coefficient (Wildman–Crippen LogP) is 6.32. The quantitative estimate of drug-likeness (QED) is 0.378. The minimum Gasteiger partial charge on any atom is -0.329 e. The first kappa shape index (κ1) is 26.0. The van der Waals surface area contributed by atoms with Crippen LogP contribution in [0.3, 0.4) is 0 Å². The fourth-order valence-corrected chi connectivity index (χ4v) is 3.91. The highest BCUT2D eigenvalue weighted by atomic mass is 79.9.